The lowest BCUT2D eigenvalue weighted by atomic mass is 10.0. The first-order chi connectivity index (χ1) is 9.40. The van der Waals surface area contributed by atoms with Crippen LogP contribution in [0.15, 0.2) is 24.3 Å². The Balaban J connectivity index is 1.47. The van der Waals surface area contributed by atoms with Gasteiger partial charge in [-0.15, -0.1) is 0 Å². The van der Waals surface area contributed by atoms with Gasteiger partial charge in [-0.25, -0.2) is 0 Å². The molecule has 0 amide bonds. The minimum absolute atomic E-state index is 0.750. The number of para-hydroxylation sites is 1. The molecule has 0 spiro atoms. The highest BCUT2D eigenvalue weighted by Crippen LogP contribution is 2.37. The maximum atomic E-state index is 3.69. The molecular formula is C17H24N2. The number of hydrogen-bond acceptors (Lipinski definition) is 2. The second kappa shape index (κ2) is 4.82. The van der Waals surface area contributed by atoms with Crippen molar-refractivity contribution in [1.82, 2.24) is 4.90 Å². The van der Waals surface area contributed by atoms with Gasteiger partial charge in [0, 0.05) is 30.9 Å². The van der Waals surface area contributed by atoms with Crippen molar-refractivity contribution in [2.45, 2.75) is 50.6 Å². The number of nitrogens with one attached hydrogen (secondary N) is 1. The van der Waals surface area contributed by atoms with Crippen LogP contribution in [0, 0.1) is 5.92 Å². The van der Waals surface area contributed by atoms with Crippen LogP contribution in [0.3, 0.4) is 0 Å². The summed E-state index contributed by atoms with van der Waals surface area (Å²) in [7, 11) is 0. The summed E-state index contributed by atoms with van der Waals surface area (Å²) >= 11 is 0. The van der Waals surface area contributed by atoms with E-state index < -0.39 is 0 Å². The van der Waals surface area contributed by atoms with Gasteiger partial charge in [-0.1, -0.05) is 18.2 Å². The van der Waals surface area contributed by atoms with Crippen molar-refractivity contribution in [2.75, 3.05) is 18.4 Å². The van der Waals surface area contributed by atoms with E-state index in [0.717, 1.165) is 24.5 Å². The first-order valence-corrected chi connectivity index (χ1v) is 7.97. The Bertz CT molecular complexity index is 421. The summed E-state index contributed by atoms with van der Waals surface area (Å²) in [6.07, 6.45) is 8.40. The quantitative estimate of drug-likeness (QED) is 0.889. The standard InChI is InChI=1S/C17H24N2/c1-2-4-17-14(3-1)7-8-16(11-18-17)19(15-9-10-15)12-13-5-6-13/h1-4,13,15-16,18H,5-12H2. The zero-order valence-corrected chi connectivity index (χ0v) is 11.6. The van der Waals surface area contributed by atoms with Crippen LogP contribution in [-0.4, -0.2) is 30.1 Å². The summed E-state index contributed by atoms with van der Waals surface area (Å²) in [5.74, 6) is 1.02. The van der Waals surface area contributed by atoms with E-state index in [4.69, 9.17) is 0 Å². The third-order valence-electron chi connectivity index (χ3n) is 4.94. The number of benzene rings is 1. The molecular weight excluding hydrogens is 232 g/mol. The molecule has 1 aromatic rings. The molecule has 3 aliphatic rings. The van der Waals surface area contributed by atoms with Crippen molar-refractivity contribution >= 4 is 5.69 Å². The second-order valence-corrected chi connectivity index (χ2v) is 6.60. The van der Waals surface area contributed by atoms with Gasteiger partial charge in [0.1, 0.15) is 0 Å². The highest BCUT2D eigenvalue weighted by Gasteiger charge is 2.37. The van der Waals surface area contributed by atoms with E-state index in [9.17, 15) is 0 Å². The average Bonchev–Trinajstić information content (AvgIpc) is 3.31. The second-order valence-electron chi connectivity index (χ2n) is 6.60. The smallest absolute Gasteiger partial charge is 0.0373 e. The third kappa shape index (κ3) is 2.64. The van der Waals surface area contributed by atoms with E-state index in [1.54, 1.807) is 0 Å². The Labute approximate surface area is 116 Å². The maximum Gasteiger partial charge on any atom is 0.0373 e. The van der Waals surface area contributed by atoms with Crippen LogP contribution < -0.4 is 5.32 Å². The van der Waals surface area contributed by atoms with Crippen LogP contribution in [0.25, 0.3) is 0 Å². The van der Waals surface area contributed by atoms with E-state index in [0.29, 0.717) is 0 Å². The zero-order valence-electron chi connectivity index (χ0n) is 11.6. The lowest BCUT2D eigenvalue weighted by Crippen LogP contribution is -2.42. The molecule has 19 heavy (non-hydrogen) atoms. The highest BCUT2D eigenvalue weighted by molar-refractivity contribution is 5.52. The van der Waals surface area contributed by atoms with Gasteiger partial charge in [0.2, 0.25) is 0 Å². The van der Waals surface area contributed by atoms with Crippen LogP contribution in [0.1, 0.15) is 37.7 Å². The fraction of sp³-hybridized carbons (Fsp3) is 0.647. The predicted octanol–water partition coefficient (Wildman–Crippen LogP) is 3.29. The van der Waals surface area contributed by atoms with Gasteiger partial charge in [0.05, 0.1) is 0 Å². The molecule has 0 aromatic heterocycles. The molecule has 1 heterocycles. The monoisotopic (exact) mass is 256 g/mol. The summed E-state index contributed by atoms with van der Waals surface area (Å²) in [5.41, 5.74) is 2.87. The van der Waals surface area contributed by atoms with E-state index in [1.807, 2.05) is 0 Å². The van der Waals surface area contributed by atoms with Crippen molar-refractivity contribution in [1.29, 1.82) is 0 Å². The molecule has 2 saturated carbocycles. The van der Waals surface area contributed by atoms with Crippen LogP contribution >= 0.6 is 0 Å². The van der Waals surface area contributed by atoms with Crippen LogP contribution in [0.2, 0.25) is 0 Å². The minimum atomic E-state index is 0.750. The van der Waals surface area contributed by atoms with Crippen molar-refractivity contribution in [2.24, 2.45) is 5.92 Å². The fourth-order valence-electron chi connectivity index (χ4n) is 3.45. The molecule has 2 fully saturated rings. The first kappa shape index (κ1) is 11.8. The van der Waals surface area contributed by atoms with Crippen molar-refractivity contribution in [3.63, 3.8) is 0 Å². The Morgan fingerprint density at radius 2 is 1.84 bits per heavy atom. The fourth-order valence-corrected chi connectivity index (χ4v) is 3.45. The molecule has 1 aromatic carbocycles. The van der Waals surface area contributed by atoms with Crippen LogP contribution in [0.4, 0.5) is 5.69 Å². The summed E-state index contributed by atoms with van der Waals surface area (Å²) in [5, 5.41) is 3.69. The van der Waals surface area contributed by atoms with Gasteiger partial charge < -0.3 is 5.32 Å². The lowest BCUT2D eigenvalue weighted by Gasteiger charge is -2.31. The first-order valence-electron chi connectivity index (χ1n) is 7.97. The molecule has 2 nitrogen and oxygen atoms in total. The van der Waals surface area contributed by atoms with Gasteiger partial charge in [-0.2, -0.15) is 0 Å². The molecule has 1 atom stereocenters. The third-order valence-corrected chi connectivity index (χ3v) is 4.94. The van der Waals surface area contributed by atoms with Gasteiger partial charge in [-0.3, -0.25) is 4.90 Å². The average molecular weight is 256 g/mol. The van der Waals surface area contributed by atoms with Gasteiger partial charge in [-0.05, 0) is 56.1 Å². The number of anilines is 1. The summed E-state index contributed by atoms with van der Waals surface area (Å²) in [4.78, 5) is 2.84. The van der Waals surface area contributed by atoms with E-state index in [-0.39, 0.29) is 0 Å². The molecule has 0 bridgehead atoms. The van der Waals surface area contributed by atoms with Crippen molar-refractivity contribution in [3.8, 4) is 0 Å². The molecule has 1 unspecified atom stereocenters. The minimum Gasteiger partial charge on any atom is -0.383 e. The molecule has 102 valence electrons. The number of hydrogen-bond donors (Lipinski definition) is 1. The molecule has 1 N–H and O–H groups in total. The van der Waals surface area contributed by atoms with Crippen molar-refractivity contribution in [3.05, 3.63) is 29.8 Å². The van der Waals surface area contributed by atoms with Crippen LogP contribution in [0.5, 0.6) is 0 Å². The van der Waals surface area contributed by atoms with E-state index >= 15 is 0 Å². The molecule has 2 heteroatoms. The number of fused-ring (bicyclic) bond motifs is 1. The molecule has 2 aliphatic carbocycles. The Morgan fingerprint density at radius 1 is 1.00 bits per heavy atom. The zero-order chi connectivity index (χ0) is 12.7. The normalized spacial score (nSPS) is 26.7. The molecule has 0 saturated heterocycles. The molecule has 4 rings (SSSR count). The van der Waals surface area contributed by atoms with Crippen molar-refractivity contribution < 1.29 is 0 Å². The number of rotatable bonds is 4. The number of nitrogens with zero attached hydrogens (tertiary/aromatic N) is 1. The Kier molecular flexibility index (Phi) is 2.99. The largest absolute Gasteiger partial charge is 0.383 e. The Morgan fingerprint density at radius 3 is 2.63 bits per heavy atom. The van der Waals surface area contributed by atoms with Gasteiger partial charge in [0.15, 0.2) is 0 Å². The highest BCUT2D eigenvalue weighted by atomic mass is 15.2. The molecule has 1 aliphatic heterocycles. The summed E-state index contributed by atoms with van der Waals surface area (Å²) < 4.78 is 0. The number of aryl methyl sites for hydroxylation is 1. The topological polar surface area (TPSA) is 15.3 Å². The lowest BCUT2D eigenvalue weighted by molar-refractivity contribution is 0.178. The summed E-state index contributed by atoms with van der Waals surface area (Å²) in [6.45, 7) is 2.51. The SMILES string of the molecule is c1ccc2c(c1)CCC(N(CC1CC1)C1CC1)CN2. The van der Waals surface area contributed by atoms with E-state index in [2.05, 4.69) is 34.5 Å². The maximum absolute atomic E-state index is 3.69. The van der Waals surface area contributed by atoms with Gasteiger partial charge >= 0.3 is 0 Å². The molecule has 0 radical (unpaired) electrons. The Hall–Kier alpha value is -1.02. The van der Waals surface area contributed by atoms with Crippen LogP contribution in [-0.2, 0) is 6.42 Å². The summed E-state index contributed by atoms with van der Waals surface area (Å²) in [6, 6.07) is 10.5. The predicted molar refractivity (Wildman–Crippen MR) is 79.5 cm³/mol. The van der Waals surface area contributed by atoms with E-state index in [1.165, 1.54) is 56.3 Å². The van der Waals surface area contributed by atoms with Gasteiger partial charge in [0.25, 0.3) is 0 Å².